The maximum Gasteiger partial charge on any atom is 0.256 e. The minimum absolute atomic E-state index is 0.0359. The number of benzene rings is 1. The molecule has 0 spiro atoms. The van der Waals surface area contributed by atoms with Crippen molar-refractivity contribution in [1.82, 2.24) is 10.2 Å². The van der Waals surface area contributed by atoms with Crippen molar-refractivity contribution in [3.05, 3.63) is 29.8 Å². The van der Waals surface area contributed by atoms with Gasteiger partial charge in [0.15, 0.2) is 0 Å². The largest absolute Gasteiger partial charge is 0.387 e. The highest BCUT2D eigenvalue weighted by Gasteiger charge is 2.20. The molecular formula is C15H23N3O2. The van der Waals surface area contributed by atoms with Crippen LogP contribution < -0.4 is 10.6 Å². The Labute approximate surface area is 120 Å². The third kappa shape index (κ3) is 4.57. The van der Waals surface area contributed by atoms with Crippen molar-refractivity contribution >= 4 is 17.5 Å². The van der Waals surface area contributed by atoms with Crippen LogP contribution in [0.1, 0.15) is 31.1 Å². The van der Waals surface area contributed by atoms with Gasteiger partial charge in [-0.3, -0.25) is 9.59 Å². The highest BCUT2D eigenvalue weighted by Crippen LogP contribution is 2.15. The van der Waals surface area contributed by atoms with Gasteiger partial charge in [0.2, 0.25) is 5.91 Å². The van der Waals surface area contributed by atoms with E-state index in [0.29, 0.717) is 5.56 Å². The summed E-state index contributed by atoms with van der Waals surface area (Å²) in [6, 6.07) is 7.23. The van der Waals surface area contributed by atoms with Gasteiger partial charge in [-0.1, -0.05) is 12.1 Å². The van der Waals surface area contributed by atoms with Crippen molar-refractivity contribution in [1.29, 1.82) is 0 Å². The Hall–Kier alpha value is -2.04. The van der Waals surface area contributed by atoms with Gasteiger partial charge >= 0.3 is 0 Å². The Morgan fingerprint density at radius 1 is 1.20 bits per heavy atom. The van der Waals surface area contributed by atoms with Crippen LogP contribution in [-0.4, -0.2) is 42.9 Å². The zero-order valence-electron chi connectivity index (χ0n) is 12.8. The van der Waals surface area contributed by atoms with Crippen molar-refractivity contribution in [2.24, 2.45) is 0 Å². The second-order valence-electron chi connectivity index (χ2n) is 5.75. The number of rotatable bonds is 4. The minimum Gasteiger partial charge on any atom is -0.387 e. The first-order valence-corrected chi connectivity index (χ1v) is 6.58. The zero-order chi connectivity index (χ0) is 15.3. The molecular weight excluding hydrogens is 254 g/mol. The smallest absolute Gasteiger partial charge is 0.256 e. The molecule has 5 nitrogen and oxygen atoms in total. The Morgan fingerprint density at radius 3 is 2.35 bits per heavy atom. The molecule has 2 N–H and O–H groups in total. The van der Waals surface area contributed by atoms with E-state index in [1.165, 1.54) is 4.90 Å². The normalized spacial score (nSPS) is 10.8. The Bertz CT molecular complexity index is 492. The van der Waals surface area contributed by atoms with E-state index in [-0.39, 0.29) is 23.9 Å². The molecule has 1 aromatic rings. The highest BCUT2D eigenvalue weighted by atomic mass is 16.2. The van der Waals surface area contributed by atoms with Crippen LogP contribution in [-0.2, 0) is 4.79 Å². The highest BCUT2D eigenvalue weighted by molar-refractivity contribution is 6.00. The molecule has 0 aliphatic heterocycles. The second kappa shape index (κ2) is 6.41. The van der Waals surface area contributed by atoms with Crippen LogP contribution in [0.2, 0.25) is 0 Å². The summed E-state index contributed by atoms with van der Waals surface area (Å²) >= 11 is 0. The van der Waals surface area contributed by atoms with E-state index in [9.17, 15) is 9.59 Å². The number of nitrogens with one attached hydrogen (secondary N) is 2. The molecule has 0 atom stereocenters. The van der Waals surface area contributed by atoms with Gasteiger partial charge in [-0.2, -0.15) is 0 Å². The SMILES string of the molecule is CNc1ccccc1C(=O)N(C)CC(=O)NC(C)(C)C. The third-order valence-electron chi connectivity index (χ3n) is 2.67. The monoisotopic (exact) mass is 277 g/mol. The molecule has 5 heteroatoms. The topological polar surface area (TPSA) is 61.4 Å². The predicted molar refractivity (Wildman–Crippen MR) is 80.8 cm³/mol. The third-order valence-corrected chi connectivity index (χ3v) is 2.67. The molecule has 0 aromatic heterocycles. The summed E-state index contributed by atoms with van der Waals surface area (Å²) < 4.78 is 0. The second-order valence-corrected chi connectivity index (χ2v) is 5.75. The molecule has 0 heterocycles. The summed E-state index contributed by atoms with van der Waals surface area (Å²) in [6.45, 7) is 5.75. The lowest BCUT2D eigenvalue weighted by Gasteiger charge is -2.24. The number of carbonyl (C=O) groups is 2. The molecule has 0 aliphatic rings. The number of anilines is 1. The van der Waals surface area contributed by atoms with Crippen molar-refractivity contribution in [2.45, 2.75) is 26.3 Å². The average molecular weight is 277 g/mol. The van der Waals surface area contributed by atoms with E-state index in [1.54, 1.807) is 26.2 Å². The number of para-hydroxylation sites is 1. The van der Waals surface area contributed by atoms with Gasteiger partial charge in [-0.05, 0) is 32.9 Å². The number of likely N-dealkylation sites (N-methyl/N-ethyl adjacent to an activating group) is 1. The van der Waals surface area contributed by atoms with Gasteiger partial charge in [-0.25, -0.2) is 0 Å². The molecule has 1 aromatic carbocycles. The summed E-state index contributed by atoms with van der Waals surface area (Å²) in [4.78, 5) is 25.6. The summed E-state index contributed by atoms with van der Waals surface area (Å²) in [7, 11) is 3.38. The van der Waals surface area contributed by atoms with Gasteiger partial charge < -0.3 is 15.5 Å². The Morgan fingerprint density at radius 2 is 1.80 bits per heavy atom. The van der Waals surface area contributed by atoms with Crippen LogP contribution in [0.5, 0.6) is 0 Å². The maximum atomic E-state index is 12.3. The van der Waals surface area contributed by atoms with Crippen LogP contribution >= 0.6 is 0 Å². The Kier molecular flexibility index (Phi) is 5.13. The minimum atomic E-state index is -0.302. The van der Waals surface area contributed by atoms with E-state index in [1.807, 2.05) is 32.9 Å². The fourth-order valence-corrected chi connectivity index (χ4v) is 1.84. The van der Waals surface area contributed by atoms with Gasteiger partial charge in [0.05, 0.1) is 12.1 Å². The van der Waals surface area contributed by atoms with Crippen LogP contribution in [0.15, 0.2) is 24.3 Å². The molecule has 110 valence electrons. The molecule has 2 amide bonds. The van der Waals surface area contributed by atoms with Crippen molar-refractivity contribution < 1.29 is 9.59 Å². The van der Waals surface area contributed by atoms with Gasteiger partial charge in [-0.15, -0.1) is 0 Å². The fourth-order valence-electron chi connectivity index (χ4n) is 1.84. The quantitative estimate of drug-likeness (QED) is 0.881. The molecule has 20 heavy (non-hydrogen) atoms. The van der Waals surface area contributed by atoms with E-state index in [2.05, 4.69) is 10.6 Å². The summed E-state index contributed by atoms with van der Waals surface area (Å²) in [5.41, 5.74) is 1.01. The first-order valence-electron chi connectivity index (χ1n) is 6.58. The molecule has 0 aliphatic carbocycles. The molecule has 0 saturated carbocycles. The van der Waals surface area contributed by atoms with Crippen molar-refractivity contribution in [3.63, 3.8) is 0 Å². The van der Waals surface area contributed by atoms with Gasteiger partial charge in [0, 0.05) is 25.3 Å². The van der Waals surface area contributed by atoms with Gasteiger partial charge in [0.1, 0.15) is 0 Å². The van der Waals surface area contributed by atoms with Crippen LogP contribution in [0.25, 0.3) is 0 Å². The van der Waals surface area contributed by atoms with Gasteiger partial charge in [0.25, 0.3) is 5.91 Å². The number of nitrogens with zero attached hydrogens (tertiary/aromatic N) is 1. The van der Waals surface area contributed by atoms with Crippen molar-refractivity contribution in [2.75, 3.05) is 26.0 Å². The van der Waals surface area contributed by atoms with E-state index in [0.717, 1.165) is 5.69 Å². The summed E-state index contributed by atoms with van der Waals surface area (Å²) in [6.07, 6.45) is 0. The molecule has 0 radical (unpaired) electrons. The summed E-state index contributed by atoms with van der Waals surface area (Å²) in [5, 5.41) is 5.81. The van der Waals surface area contributed by atoms with E-state index in [4.69, 9.17) is 0 Å². The zero-order valence-corrected chi connectivity index (χ0v) is 12.8. The standard InChI is InChI=1S/C15H23N3O2/c1-15(2,3)17-13(19)10-18(5)14(20)11-8-6-7-9-12(11)16-4/h6-9,16H,10H2,1-5H3,(H,17,19). The first kappa shape index (κ1) is 16.0. The van der Waals surface area contributed by atoms with Crippen LogP contribution in [0.3, 0.4) is 0 Å². The van der Waals surface area contributed by atoms with Crippen LogP contribution in [0, 0.1) is 0 Å². The number of carbonyl (C=O) groups excluding carboxylic acids is 2. The Balaban J connectivity index is 2.75. The van der Waals surface area contributed by atoms with E-state index < -0.39 is 0 Å². The van der Waals surface area contributed by atoms with E-state index >= 15 is 0 Å². The average Bonchev–Trinajstić information content (AvgIpc) is 2.35. The number of amides is 2. The molecule has 0 fully saturated rings. The lowest BCUT2D eigenvalue weighted by Crippen LogP contribution is -2.46. The summed E-state index contributed by atoms with van der Waals surface area (Å²) in [5.74, 6) is -0.353. The molecule has 0 unspecified atom stereocenters. The number of hydrogen-bond donors (Lipinski definition) is 2. The van der Waals surface area contributed by atoms with Crippen LogP contribution in [0.4, 0.5) is 5.69 Å². The molecule has 0 bridgehead atoms. The first-order chi connectivity index (χ1) is 9.24. The predicted octanol–water partition coefficient (Wildman–Crippen LogP) is 1.71. The molecule has 1 rings (SSSR count). The lowest BCUT2D eigenvalue weighted by atomic mass is 10.1. The fraction of sp³-hybridized carbons (Fsp3) is 0.467. The maximum absolute atomic E-state index is 12.3. The molecule has 0 saturated heterocycles. The lowest BCUT2D eigenvalue weighted by molar-refractivity contribution is -0.122. The number of hydrogen-bond acceptors (Lipinski definition) is 3. The van der Waals surface area contributed by atoms with Crippen molar-refractivity contribution in [3.8, 4) is 0 Å².